The van der Waals surface area contributed by atoms with Crippen LogP contribution in [0.25, 0.3) is 0 Å². The maximum atomic E-state index is 13.4. The van der Waals surface area contributed by atoms with E-state index in [1.807, 2.05) is 12.1 Å². The smallest absolute Gasteiger partial charge is 0.316 e. The minimum atomic E-state index is -0.627. The van der Waals surface area contributed by atoms with Crippen LogP contribution < -0.4 is 19.3 Å². The fourth-order valence-corrected chi connectivity index (χ4v) is 8.55. The van der Waals surface area contributed by atoms with Crippen molar-refractivity contribution in [3.05, 3.63) is 48.0 Å². The minimum Gasteiger partial charge on any atom is -0.495 e. The Morgan fingerprint density at radius 1 is 0.947 bits per heavy atom. The Bertz CT molecular complexity index is 1330. The molecular formula is C28H26Br2N2O6. The number of rotatable bonds is 5. The first-order valence-electron chi connectivity index (χ1n) is 12.6. The van der Waals surface area contributed by atoms with Gasteiger partial charge in [-0.05, 0) is 61.1 Å². The average molecular weight is 646 g/mol. The van der Waals surface area contributed by atoms with E-state index < -0.39 is 11.9 Å². The predicted molar refractivity (Wildman–Crippen MR) is 147 cm³/mol. The van der Waals surface area contributed by atoms with Gasteiger partial charge in [0.1, 0.15) is 11.5 Å². The lowest BCUT2D eigenvalue weighted by Crippen LogP contribution is -2.37. The third-order valence-corrected chi connectivity index (χ3v) is 11.7. The molecule has 4 aliphatic rings. The summed E-state index contributed by atoms with van der Waals surface area (Å²) in [5.41, 5.74) is 1.79. The zero-order valence-electron chi connectivity index (χ0n) is 20.8. The van der Waals surface area contributed by atoms with E-state index in [4.69, 9.17) is 9.47 Å². The van der Waals surface area contributed by atoms with Gasteiger partial charge in [0.2, 0.25) is 17.7 Å². The van der Waals surface area contributed by atoms with Gasteiger partial charge in [-0.3, -0.25) is 19.2 Å². The van der Waals surface area contributed by atoms with Crippen molar-refractivity contribution in [2.24, 2.45) is 29.6 Å². The monoisotopic (exact) mass is 644 g/mol. The Labute approximate surface area is 236 Å². The summed E-state index contributed by atoms with van der Waals surface area (Å²) in [6, 6.07) is 12.1. The quantitative estimate of drug-likeness (QED) is 0.209. The fraction of sp³-hybridized carbons (Fsp3) is 0.429. The Hall–Kier alpha value is -2.72. The number of methoxy groups -OCH3 is 1. The Morgan fingerprint density at radius 3 is 2.24 bits per heavy atom. The van der Waals surface area contributed by atoms with Gasteiger partial charge in [-0.1, -0.05) is 44.0 Å². The number of carbonyl (C=O) groups excluding carboxylic acids is 4. The number of halogens is 2. The van der Waals surface area contributed by atoms with Gasteiger partial charge in [-0.15, -0.1) is 0 Å². The van der Waals surface area contributed by atoms with Gasteiger partial charge in [0.15, 0.2) is 0 Å². The average Bonchev–Trinajstić information content (AvgIpc) is 3.62. The van der Waals surface area contributed by atoms with Crippen LogP contribution in [0.15, 0.2) is 42.5 Å². The highest BCUT2D eigenvalue weighted by Gasteiger charge is 2.66. The number of esters is 1. The van der Waals surface area contributed by atoms with Crippen LogP contribution >= 0.6 is 31.9 Å². The van der Waals surface area contributed by atoms with Crippen molar-refractivity contribution in [1.82, 2.24) is 0 Å². The summed E-state index contributed by atoms with van der Waals surface area (Å²) in [6.07, 6.45) is 0.914. The molecule has 8 nitrogen and oxygen atoms in total. The Kier molecular flexibility index (Phi) is 6.38. The van der Waals surface area contributed by atoms with Crippen LogP contribution in [-0.2, 0) is 19.2 Å². The van der Waals surface area contributed by atoms with Crippen molar-refractivity contribution < 1.29 is 28.7 Å². The number of carbonyl (C=O) groups is 4. The van der Waals surface area contributed by atoms with E-state index in [0.717, 1.165) is 6.42 Å². The van der Waals surface area contributed by atoms with Crippen molar-refractivity contribution >= 4 is 66.9 Å². The molecule has 0 N–H and O–H groups in total. The summed E-state index contributed by atoms with van der Waals surface area (Å²) in [6.45, 7) is 1.99. The van der Waals surface area contributed by atoms with Gasteiger partial charge in [0.25, 0.3) is 0 Å². The molecule has 2 heterocycles. The summed E-state index contributed by atoms with van der Waals surface area (Å²) in [5.74, 6) is -1.06. The predicted octanol–water partition coefficient (Wildman–Crippen LogP) is 4.24. The highest BCUT2D eigenvalue weighted by Crippen LogP contribution is 2.60. The minimum absolute atomic E-state index is 0.0406. The summed E-state index contributed by atoms with van der Waals surface area (Å²) in [5, 5.41) is 0. The normalized spacial score (nSPS) is 31.8. The molecule has 2 aliphatic heterocycles. The third-order valence-electron chi connectivity index (χ3n) is 8.45. The van der Waals surface area contributed by atoms with Gasteiger partial charge in [0.05, 0.1) is 36.2 Å². The molecule has 0 spiro atoms. The fourth-order valence-electron chi connectivity index (χ4n) is 6.68. The molecule has 2 saturated heterocycles. The second-order valence-electron chi connectivity index (χ2n) is 10.5. The van der Waals surface area contributed by atoms with Crippen LogP contribution in [0.4, 0.5) is 11.4 Å². The van der Waals surface area contributed by atoms with Crippen LogP contribution in [0, 0.1) is 36.5 Å². The first-order valence-corrected chi connectivity index (χ1v) is 14.5. The van der Waals surface area contributed by atoms with Crippen molar-refractivity contribution in [3.63, 3.8) is 0 Å². The standard InChI is InChI=1S/C28H26Br2N2O6/c1-13-9-15(38-28(36)14-10-21(33)31(12-14)19-5-3-4-6-20(19)37-2)7-8-18(13)32-26(34)22-16-11-17(23(22)27(32)35)25(30)24(16)29/h3-9,14,16-17,22-25H,10-12H2,1-2H3/t14-,16-,17-,22-,23-,24+,25+/m1/s1. The van der Waals surface area contributed by atoms with Gasteiger partial charge in [-0.2, -0.15) is 0 Å². The number of aryl methyl sites for hydroxylation is 1. The summed E-state index contributed by atoms with van der Waals surface area (Å²) in [4.78, 5) is 55.6. The SMILES string of the molecule is COc1ccccc1N1C[C@H](C(=O)Oc2ccc(N3C(=O)[C@@H]4[C@H]5C[C@@H]([C@H](Br)[C@H]5Br)[C@H]4C3=O)c(C)c2)CC1=O. The number of para-hydroxylation sites is 2. The van der Waals surface area contributed by atoms with E-state index in [-0.39, 0.29) is 64.0 Å². The van der Waals surface area contributed by atoms with Crippen molar-refractivity contribution in [3.8, 4) is 11.5 Å². The molecular weight excluding hydrogens is 620 g/mol. The van der Waals surface area contributed by atoms with E-state index >= 15 is 0 Å². The van der Waals surface area contributed by atoms with Crippen LogP contribution in [0.3, 0.4) is 0 Å². The number of nitrogens with zero attached hydrogens (tertiary/aromatic N) is 2. The highest BCUT2D eigenvalue weighted by molar-refractivity contribution is 9.12. The van der Waals surface area contributed by atoms with Crippen molar-refractivity contribution in [2.75, 3.05) is 23.5 Å². The molecule has 0 radical (unpaired) electrons. The summed E-state index contributed by atoms with van der Waals surface area (Å²) < 4.78 is 11.0. The first kappa shape index (κ1) is 25.6. The van der Waals surface area contributed by atoms with E-state index in [9.17, 15) is 19.2 Å². The molecule has 4 fully saturated rings. The van der Waals surface area contributed by atoms with Crippen molar-refractivity contribution in [2.45, 2.75) is 29.4 Å². The van der Waals surface area contributed by atoms with E-state index in [0.29, 0.717) is 28.4 Å². The number of amides is 3. The number of hydrogen-bond acceptors (Lipinski definition) is 6. The number of imide groups is 1. The summed E-state index contributed by atoms with van der Waals surface area (Å²) >= 11 is 7.43. The van der Waals surface area contributed by atoms with Gasteiger partial charge in [-0.25, -0.2) is 4.90 Å². The van der Waals surface area contributed by atoms with Crippen LogP contribution in [-0.4, -0.2) is 47.0 Å². The zero-order chi connectivity index (χ0) is 26.9. The molecule has 2 aromatic rings. The Balaban J connectivity index is 1.16. The topological polar surface area (TPSA) is 93.2 Å². The van der Waals surface area contributed by atoms with Gasteiger partial charge >= 0.3 is 5.97 Å². The maximum Gasteiger partial charge on any atom is 0.316 e. The van der Waals surface area contributed by atoms with Crippen molar-refractivity contribution in [1.29, 1.82) is 0 Å². The van der Waals surface area contributed by atoms with Gasteiger partial charge < -0.3 is 14.4 Å². The number of fused-ring (bicyclic) bond motifs is 5. The molecule has 2 aliphatic carbocycles. The lowest BCUT2D eigenvalue weighted by molar-refractivity contribution is -0.139. The number of ether oxygens (including phenoxy) is 2. The Morgan fingerprint density at radius 2 is 1.61 bits per heavy atom. The number of alkyl halides is 2. The molecule has 198 valence electrons. The number of hydrogen-bond donors (Lipinski definition) is 0. The van der Waals surface area contributed by atoms with Gasteiger partial charge in [0, 0.05) is 22.6 Å². The second kappa shape index (κ2) is 9.48. The molecule has 2 aromatic carbocycles. The maximum absolute atomic E-state index is 13.4. The molecule has 3 amide bonds. The lowest BCUT2D eigenvalue weighted by Gasteiger charge is -2.28. The van der Waals surface area contributed by atoms with Crippen LogP contribution in [0.2, 0.25) is 0 Å². The second-order valence-corrected chi connectivity index (χ2v) is 12.6. The van der Waals surface area contributed by atoms with Crippen LogP contribution in [0.1, 0.15) is 18.4 Å². The third kappa shape index (κ3) is 3.82. The number of benzene rings is 2. The summed E-state index contributed by atoms with van der Waals surface area (Å²) in [7, 11) is 1.54. The van der Waals surface area contributed by atoms with E-state index in [2.05, 4.69) is 31.9 Å². The first-order chi connectivity index (χ1) is 18.2. The largest absolute Gasteiger partial charge is 0.495 e. The molecule has 6 rings (SSSR count). The molecule has 38 heavy (non-hydrogen) atoms. The van der Waals surface area contributed by atoms with E-state index in [1.54, 1.807) is 42.2 Å². The molecule has 2 bridgehead atoms. The highest BCUT2D eigenvalue weighted by atomic mass is 79.9. The van der Waals surface area contributed by atoms with E-state index in [1.165, 1.54) is 12.0 Å². The molecule has 0 unspecified atom stereocenters. The number of anilines is 2. The molecule has 7 atom stereocenters. The molecule has 10 heteroatoms. The lowest BCUT2D eigenvalue weighted by atomic mass is 9.81. The van der Waals surface area contributed by atoms with Crippen LogP contribution in [0.5, 0.6) is 11.5 Å². The molecule has 2 saturated carbocycles. The molecule has 0 aromatic heterocycles. The zero-order valence-corrected chi connectivity index (χ0v) is 24.0.